The molecule has 0 atom stereocenters. The number of nitrogens with one attached hydrogen (secondary N) is 2. The predicted molar refractivity (Wildman–Crippen MR) is 81.4 cm³/mol. The fourth-order valence-electron chi connectivity index (χ4n) is 1.55. The first-order chi connectivity index (χ1) is 8.66. The number of carbonyl (C=O) groups is 1. The first kappa shape index (κ1) is 12.9. The van der Waals surface area contributed by atoms with Gasteiger partial charge in [-0.15, -0.1) is 0 Å². The Kier molecular flexibility index (Phi) is 4.19. The van der Waals surface area contributed by atoms with E-state index in [1.54, 1.807) is 12.1 Å². The van der Waals surface area contributed by atoms with Gasteiger partial charge in [0.1, 0.15) is 0 Å². The van der Waals surface area contributed by atoms with Gasteiger partial charge >= 0.3 is 0 Å². The van der Waals surface area contributed by atoms with Crippen LogP contribution in [0, 0.1) is 10.5 Å². The highest BCUT2D eigenvalue weighted by Gasteiger charge is 2.04. The summed E-state index contributed by atoms with van der Waals surface area (Å²) < 4.78 is 1.17. The van der Waals surface area contributed by atoms with Crippen LogP contribution in [0.4, 0.5) is 5.69 Å². The third-order valence-corrected chi connectivity index (χ3v) is 3.21. The van der Waals surface area contributed by atoms with Crippen molar-refractivity contribution in [1.29, 1.82) is 0 Å². The number of halogens is 1. The van der Waals surface area contributed by atoms with Gasteiger partial charge in [-0.2, -0.15) is 0 Å². The maximum Gasteiger partial charge on any atom is 0.269 e. The van der Waals surface area contributed by atoms with Crippen molar-refractivity contribution in [2.24, 2.45) is 0 Å². The van der Waals surface area contributed by atoms with Crippen LogP contribution in [0.2, 0.25) is 0 Å². The van der Waals surface area contributed by atoms with Crippen molar-refractivity contribution < 1.29 is 4.79 Å². The number of rotatable bonds is 3. The van der Waals surface area contributed by atoms with Crippen LogP contribution in [-0.4, -0.2) is 5.91 Å². The zero-order valence-corrected chi connectivity index (χ0v) is 12.1. The van der Waals surface area contributed by atoms with E-state index in [2.05, 4.69) is 39.5 Å². The van der Waals surface area contributed by atoms with E-state index in [0.717, 1.165) is 11.3 Å². The summed E-state index contributed by atoms with van der Waals surface area (Å²) >= 11 is 2.26. The zero-order chi connectivity index (χ0) is 13.0. The fourth-order valence-corrected chi connectivity index (χ4v) is 2.20. The van der Waals surface area contributed by atoms with Crippen LogP contribution in [0.15, 0.2) is 48.5 Å². The highest BCUT2D eigenvalue weighted by Crippen LogP contribution is 2.16. The van der Waals surface area contributed by atoms with E-state index in [4.69, 9.17) is 0 Å². The van der Waals surface area contributed by atoms with E-state index in [1.807, 2.05) is 37.3 Å². The summed E-state index contributed by atoms with van der Waals surface area (Å²) in [5.74, 6) is -0.145. The lowest BCUT2D eigenvalue weighted by atomic mass is 10.2. The number of amides is 1. The smallest absolute Gasteiger partial charge is 0.269 e. The molecule has 2 aromatic rings. The van der Waals surface area contributed by atoms with Crippen molar-refractivity contribution in [3.63, 3.8) is 0 Å². The molecule has 0 fully saturated rings. The molecule has 0 saturated carbocycles. The SMILES string of the molecule is Cc1cc(I)ccc1NNC(=O)c1ccccc1. The van der Waals surface area contributed by atoms with Crippen LogP contribution in [-0.2, 0) is 0 Å². The summed E-state index contributed by atoms with van der Waals surface area (Å²) in [5, 5.41) is 0. The number of benzene rings is 2. The average molecular weight is 352 g/mol. The average Bonchev–Trinajstić information content (AvgIpc) is 2.38. The van der Waals surface area contributed by atoms with E-state index in [9.17, 15) is 4.79 Å². The lowest BCUT2D eigenvalue weighted by molar-refractivity contribution is 0.0962. The third-order valence-electron chi connectivity index (χ3n) is 2.54. The number of hydrogen-bond donors (Lipinski definition) is 2. The van der Waals surface area contributed by atoms with Crippen molar-refractivity contribution in [3.05, 3.63) is 63.2 Å². The van der Waals surface area contributed by atoms with Crippen molar-refractivity contribution in [3.8, 4) is 0 Å². The number of carbonyl (C=O) groups excluding carboxylic acids is 1. The molecular weight excluding hydrogens is 339 g/mol. The highest BCUT2D eigenvalue weighted by molar-refractivity contribution is 14.1. The molecule has 2 aromatic carbocycles. The Bertz CT molecular complexity index is 555. The molecule has 3 nitrogen and oxygen atoms in total. The minimum Gasteiger partial charge on any atom is -0.298 e. The highest BCUT2D eigenvalue weighted by atomic mass is 127. The molecule has 0 aliphatic rings. The molecule has 0 aromatic heterocycles. The van der Waals surface area contributed by atoms with Gasteiger partial charge in [0, 0.05) is 9.13 Å². The Morgan fingerprint density at radius 1 is 1.11 bits per heavy atom. The van der Waals surface area contributed by atoms with E-state index < -0.39 is 0 Å². The van der Waals surface area contributed by atoms with E-state index >= 15 is 0 Å². The summed E-state index contributed by atoms with van der Waals surface area (Å²) in [5.41, 5.74) is 8.25. The lowest BCUT2D eigenvalue weighted by Gasteiger charge is -2.11. The molecule has 2 N–H and O–H groups in total. The molecule has 4 heteroatoms. The van der Waals surface area contributed by atoms with Crippen LogP contribution >= 0.6 is 22.6 Å². The fraction of sp³-hybridized carbons (Fsp3) is 0.0714. The van der Waals surface area contributed by atoms with Gasteiger partial charge in [-0.25, -0.2) is 0 Å². The Labute approximate surface area is 120 Å². The molecule has 0 heterocycles. The minimum absolute atomic E-state index is 0.145. The normalized spacial score (nSPS) is 9.89. The number of hydrazine groups is 1. The number of hydrogen-bond acceptors (Lipinski definition) is 2. The summed E-state index contributed by atoms with van der Waals surface area (Å²) in [6.45, 7) is 2.00. The molecular formula is C14H13IN2O. The maximum absolute atomic E-state index is 11.8. The van der Waals surface area contributed by atoms with E-state index in [1.165, 1.54) is 3.57 Å². The first-order valence-corrected chi connectivity index (χ1v) is 6.62. The molecule has 0 radical (unpaired) electrons. The van der Waals surface area contributed by atoms with Gasteiger partial charge in [0.15, 0.2) is 0 Å². The Morgan fingerprint density at radius 3 is 2.50 bits per heavy atom. The largest absolute Gasteiger partial charge is 0.298 e. The topological polar surface area (TPSA) is 41.1 Å². The maximum atomic E-state index is 11.8. The minimum atomic E-state index is -0.145. The number of aryl methyl sites for hydroxylation is 1. The van der Waals surface area contributed by atoms with E-state index in [0.29, 0.717) is 5.56 Å². The Hall–Kier alpha value is -1.56. The second kappa shape index (κ2) is 5.86. The second-order valence-corrected chi connectivity index (χ2v) is 5.15. The zero-order valence-electron chi connectivity index (χ0n) is 9.91. The summed E-state index contributed by atoms with van der Waals surface area (Å²) in [6.07, 6.45) is 0. The van der Waals surface area contributed by atoms with Crippen molar-refractivity contribution in [1.82, 2.24) is 5.43 Å². The van der Waals surface area contributed by atoms with Gasteiger partial charge in [-0.3, -0.25) is 15.6 Å². The Morgan fingerprint density at radius 2 is 1.83 bits per heavy atom. The molecule has 0 bridgehead atoms. The van der Waals surface area contributed by atoms with Crippen molar-refractivity contribution in [2.45, 2.75) is 6.92 Å². The van der Waals surface area contributed by atoms with Crippen molar-refractivity contribution >= 4 is 34.2 Å². The van der Waals surface area contributed by atoms with Crippen LogP contribution in [0.1, 0.15) is 15.9 Å². The molecule has 1 amide bonds. The molecule has 92 valence electrons. The van der Waals surface area contributed by atoms with Gasteiger partial charge in [0.2, 0.25) is 0 Å². The van der Waals surface area contributed by atoms with Crippen LogP contribution in [0.3, 0.4) is 0 Å². The summed E-state index contributed by atoms with van der Waals surface area (Å²) in [6, 6.07) is 15.1. The standard InChI is InChI=1S/C14H13IN2O/c1-10-9-12(15)7-8-13(10)16-17-14(18)11-5-3-2-4-6-11/h2-9,16H,1H3,(H,17,18). The van der Waals surface area contributed by atoms with Gasteiger partial charge in [-0.1, -0.05) is 18.2 Å². The predicted octanol–water partition coefficient (Wildman–Crippen LogP) is 3.36. The quantitative estimate of drug-likeness (QED) is 0.657. The third kappa shape index (κ3) is 3.22. The lowest BCUT2D eigenvalue weighted by Crippen LogP contribution is -2.29. The summed E-state index contributed by atoms with van der Waals surface area (Å²) in [4.78, 5) is 11.8. The summed E-state index contributed by atoms with van der Waals surface area (Å²) in [7, 11) is 0. The molecule has 0 aliphatic carbocycles. The first-order valence-electron chi connectivity index (χ1n) is 5.54. The number of anilines is 1. The molecule has 0 unspecified atom stereocenters. The van der Waals surface area contributed by atoms with Crippen molar-refractivity contribution in [2.75, 3.05) is 5.43 Å². The van der Waals surface area contributed by atoms with Gasteiger partial charge < -0.3 is 0 Å². The van der Waals surface area contributed by atoms with Crippen LogP contribution < -0.4 is 10.9 Å². The Balaban J connectivity index is 2.02. The molecule has 0 aliphatic heterocycles. The van der Waals surface area contributed by atoms with Gasteiger partial charge in [0.25, 0.3) is 5.91 Å². The monoisotopic (exact) mass is 352 g/mol. The van der Waals surface area contributed by atoms with Crippen LogP contribution in [0.25, 0.3) is 0 Å². The molecule has 18 heavy (non-hydrogen) atoms. The van der Waals surface area contributed by atoms with Gasteiger partial charge in [-0.05, 0) is 65.4 Å². The molecule has 0 spiro atoms. The van der Waals surface area contributed by atoms with E-state index in [-0.39, 0.29) is 5.91 Å². The second-order valence-electron chi connectivity index (χ2n) is 3.90. The molecule has 2 rings (SSSR count). The molecule has 0 saturated heterocycles. The van der Waals surface area contributed by atoms with Gasteiger partial charge in [0.05, 0.1) is 5.69 Å². The van der Waals surface area contributed by atoms with Crippen LogP contribution in [0.5, 0.6) is 0 Å².